The lowest BCUT2D eigenvalue weighted by Gasteiger charge is -1.93. The topological polar surface area (TPSA) is 83.5 Å². The number of amides is 1. The van der Waals surface area contributed by atoms with E-state index in [1.807, 2.05) is 0 Å². The van der Waals surface area contributed by atoms with E-state index in [2.05, 4.69) is 0 Å². The molecule has 0 aromatic rings. The van der Waals surface area contributed by atoms with Gasteiger partial charge in [-0.05, 0) is 12.5 Å². The van der Waals surface area contributed by atoms with Crippen LogP contribution in [0.5, 0.6) is 0 Å². The largest absolute Gasteiger partial charge is 0.359 e. The van der Waals surface area contributed by atoms with Crippen molar-refractivity contribution < 1.29 is 17.8 Å². The SMILES string of the molecule is CCC=CC(=O)NS(=O)(=O)O. The van der Waals surface area contributed by atoms with Crippen LogP contribution in [0.15, 0.2) is 12.2 Å². The standard InChI is InChI=1S/C5H9NO4S/c1-2-3-4-5(7)6-11(8,9)10/h3-4H,2H2,1H3,(H,6,7)(H,8,9,10). The van der Waals surface area contributed by atoms with E-state index in [1.165, 1.54) is 10.8 Å². The number of allylic oxidation sites excluding steroid dienone is 1. The summed E-state index contributed by atoms with van der Waals surface area (Å²) < 4.78 is 29.4. The molecule has 1 amide bonds. The Kier molecular flexibility index (Phi) is 3.77. The number of hydrogen-bond acceptors (Lipinski definition) is 3. The third kappa shape index (κ3) is 7.01. The van der Waals surface area contributed by atoms with Gasteiger partial charge in [0.25, 0.3) is 5.91 Å². The van der Waals surface area contributed by atoms with Crippen LogP contribution in [0.3, 0.4) is 0 Å². The first-order chi connectivity index (χ1) is 4.95. The number of nitrogens with one attached hydrogen (secondary N) is 1. The average molecular weight is 179 g/mol. The molecule has 0 aromatic carbocycles. The van der Waals surface area contributed by atoms with Crippen LogP contribution in [0.4, 0.5) is 0 Å². The molecule has 0 saturated heterocycles. The van der Waals surface area contributed by atoms with Gasteiger partial charge >= 0.3 is 10.3 Å². The lowest BCUT2D eigenvalue weighted by molar-refractivity contribution is -0.114. The summed E-state index contributed by atoms with van der Waals surface area (Å²) in [6, 6.07) is 0. The molecule has 0 aliphatic rings. The first-order valence-corrected chi connectivity index (χ1v) is 4.35. The monoisotopic (exact) mass is 179 g/mol. The van der Waals surface area contributed by atoms with Gasteiger partial charge in [0.2, 0.25) is 0 Å². The molecule has 0 atom stereocenters. The molecule has 0 heterocycles. The van der Waals surface area contributed by atoms with Gasteiger partial charge in [-0.25, -0.2) is 4.72 Å². The second kappa shape index (κ2) is 4.09. The molecule has 0 bridgehead atoms. The van der Waals surface area contributed by atoms with Crippen LogP contribution >= 0.6 is 0 Å². The fourth-order valence-corrected chi connectivity index (χ4v) is 0.708. The highest BCUT2D eigenvalue weighted by Crippen LogP contribution is 1.81. The molecule has 11 heavy (non-hydrogen) atoms. The lowest BCUT2D eigenvalue weighted by atomic mass is 10.4. The van der Waals surface area contributed by atoms with Crippen molar-refractivity contribution in [1.82, 2.24) is 4.72 Å². The number of hydrogen-bond donors (Lipinski definition) is 2. The van der Waals surface area contributed by atoms with Crippen LogP contribution in [0.2, 0.25) is 0 Å². The molecule has 0 fully saturated rings. The van der Waals surface area contributed by atoms with Gasteiger partial charge in [0, 0.05) is 0 Å². The second-order valence-electron chi connectivity index (χ2n) is 1.75. The van der Waals surface area contributed by atoms with Gasteiger partial charge in [-0.3, -0.25) is 9.35 Å². The van der Waals surface area contributed by atoms with Crippen molar-refractivity contribution in [2.45, 2.75) is 13.3 Å². The van der Waals surface area contributed by atoms with Gasteiger partial charge in [0.1, 0.15) is 0 Å². The van der Waals surface area contributed by atoms with Crippen molar-refractivity contribution in [1.29, 1.82) is 0 Å². The predicted molar refractivity (Wildman–Crippen MR) is 39.1 cm³/mol. The maximum atomic E-state index is 10.5. The minimum Gasteiger partial charge on any atom is -0.269 e. The molecule has 0 rings (SSSR count). The Bertz CT molecular complexity index is 254. The van der Waals surface area contributed by atoms with Crippen LogP contribution in [-0.2, 0) is 15.1 Å². The lowest BCUT2D eigenvalue weighted by Crippen LogP contribution is -2.27. The van der Waals surface area contributed by atoms with Gasteiger partial charge in [0.15, 0.2) is 0 Å². The summed E-state index contributed by atoms with van der Waals surface area (Å²) in [6.07, 6.45) is 3.13. The third-order valence-corrected chi connectivity index (χ3v) is 1.19. The molecule has 0 unspecified atom stereocenters. The van der Waals surface area contributed by atoms with E-state index in [0.29, 0.717) is 6.42 Å². The van der Waals surface area contributed by atoms with Gasteiger partial charge in [0.05, 0.1) is 0 Å². The Morgan fingerprint density at radius 3 is 2.55 bits per heavy atom. The molecule has 0 aliphatic heterocycles. The summed E-state index contributed by atoms with van der Waals surface area (Å²) in [5.74, 6) is -0.852. The van der Waals surface area contributed by atoms with E-state index >= 15 is 0 Å². The van der Waals surface area contributed by atoms with Gasteiger partial charge in [-0.15, -0.1) is 0 Å². The smallest absolute Gasteiger partial charge is 0.269 e. The minimum absolute atomic E-state index is 0.624. The highest BCUT2D eigenvalue weighted by molar-refractivity contribution is 7.84. The Morgan fingerprint density at radius 2 is 2.18 bits per heavy atom. The van der Waals surface area contributed by atoms with Crippen molar-refractivity contribution in [3.8, 4) is 0 Å². The van der Waals surface area contributed by atoms with Crippen molar-refractivity contribution in [2.24, 2.45) is 0 Å². The maximum absolute atomic E-state index is 10.5. The molecule has 0 saturated carbocycles. The van der Waals surface area contributed by atoms with Crippen molar-refractivity contribution >= 4 is 16.2 Å². The van der Waals surface area contributed by atoms with E-state index in [9.17, 15) is 13.2 Å². The summed E-state index contributed by atoms with van der Waals surface area (Å²) in [7, 11) is -4.40. The van der Waals surface area contributed by atoms with Crippen LogP contribution in [0.1, 0.15) is 13.3 Å². The van der Waals surface area contributed by atoms with E-state index in [0.717, 1.165) is 6.08 Å². The molecule has 0 aliphatic carbocycles. The second-order valence-corrected chi connectivity index (χ2v) is 2.91. The van der Waals surface area contributed by atoms with Crippen LogP contribution < -0.4 is 4.72 Å². The fraction of sp³-hybridized carbons (Fsp3) is 0.400. The molecule has 6 heteroatoms. The zero-order valence-electron chi connectivity index (χ0n) is 5.94. The first kappa shape index (κ1) is 10.1. The van der Waals surface area contributed by atoms with Crippen LogP contribution in [0.25, 0.3) is 0 Å². The number of rotatable bonds is 3. The Labute approximate surface area is 65.0 Å². The van der Waals surface area contributed by atoms with Crippen molar-refractivity contribution in [2.75, 3.05) is 0 Å². The summed E-state index contributed by atoms with van der Waals surface area (Å²) in [5, 5.41) is 0. The first-order valence-electron chi connectivity index (χ1n) is 2.91. The molecule has 2 N–H and O–H groups in total. The maximum Gasteiger partial charge on any atom is 0.359 e. The van der Waals surface area contributed by atoms with E-state index < -0.39 is 16.2 Å². The van der Waals surface area contributed by atoms with Gasteiger partial charge < -0.3 is 0 Å². The summed E-state index contributed by atoms with van der Waals surface area (Å²) in [6.45, 7) is 1.79. The summed E-state index contributed by atoms with van der Waals surface area (Å²) >= 11 is 0. The van der Waals surface area contributed by atoms with E-state index in [-0.39, 0.29) is 0 Å². The van der Waals surface area contributed by atoms with Gasteiger partial charge in [-0.2, -0.15) is 8.42 Å². The predicted octanol–water partition coefficient (Wildman–Crippen LogP) is -0.128. The van der Waals surface area contributed by atoms with Crippen molar-refractivity contribution in [3.05, 3.63) is 12.2 Å². The van der Waals surface area contributed by atoms with Crippen LogP contribution in [-0.4, -0.2) is 18.9 Å². The Morgan fingerprint density at radius 1 is 1.64 bits per heavy atom. The fourth-order valence-electron chi connectivity index (χ4n) is 0.386. The van der Waals surface area contributed by atoms with Crippen molar-refractivity contribution in [3.63, 3.8) is 0 Å². The molecule has 0 radical (unpaired) electrons. The third-order valence-electron chi connectivity index (χ3n) is 0.734. The normalized spacial score (nSPS) is 11.8. The molecule has 0 spiro atoms. The molecular formula is C5H9NO4S. The minimum atomic E-state index is -4.40. The number of carbonyl (C=O) groups is 1. The Hall–Kier alpha value is -0.880. The molecule has 5 nitrogen and oxygen atoms in total. The molecule has 64 valence electrons. The zero-order valence-corrected chi connectivity index (χ0v) is 6.76. The highest BCUT2D eigenvalue weighted by Gasteiger charge is 2.05. The molecule has 0 aromatic heterocycles. The highest BCUT2D eigenvalue weighted by atomic mass is 32.2. The quantitative estimate of drug-likeness (QED) is 0.467. The van der Waals surface area contributed by atoms with Gasteiger partial charge in [-0.1, -0.05) is 13.0 Å². The van der Waals surface area contributed by atoms with E-state index in [1.54, 1.807) is 6.92 Å². The Balaban J connectivity index is 4.00. The average Bonchev–Trinajstić information content (AvgIpc) is 1.79. The zero-order chi connectivity index (χ0) is 8.91. The molecular weight excluding hydrogens is 170 g/mol. The van der Waals surface area contributed by atoms with E-state index in [4.69, 9.17) is 4.55 Å². The summed E-state index contributed by atoms with van der Waals surface area (Å²) in [5.41, 5.74) is 0. The number of carbonyl (C=O) groups excluding carboxylic acids is 1. The summed E-state index contributed by atoms with van der Waals surface area (Å²) in [4.78, 5) is 10.5. The van der Waals surface area contributed by atoms with Crippen LogP contribution in [0, 0.1) is 0 Å².